The van der Waals surface area contributed by atoms with Crippen LogP contribution in [0.2, 0.25) is 0 Å². The lowest BCUT2D eigenvalue weighted by Crippen LogP contribution is -2.18. The number of nitrogens with zero attached hydrogens (tertiary/aromatic N) is 2. The molecule has 0 radical (unpaired) electrons. The molecule has 1 unspecified atom stereocenters. The molecule has 1 heterocycles. The number of H-pyrrole nitrogens is 1. The minimum absolute atomic E-state index is 0.236. The number of rotatable bonds is 5. The molecule has 1 aromatic heterocycles. The predicted molar refractivity (Wildman–Crippen MR) is 72.5 cm³/mol. The highest BCUT2D eigenvalue weighted by Gasteiger charge is 2.15. The van der Waals surface area contributed by atoms with Crippen LogP contribution in [0.25, 0.3) is 0 Å². The number of hydrogen-bond acceptors (Lipinski definition) is 4. The maximum atomic E-state index is 13.6. The lowest BCUT2D eigenvalue weighted by molar-refractivity contribution is 0.563. The second-order valence-electron chi connectivity index (χ2n) is 4.14. The van der Waals surface area contributed by atoms with Gasteiger partial charge in [0.05, 0.1) is 0 Å². The fourth-order valence-corrected chi connectivity index (χ4v) is 2.73. The summed E-state index contributed by atoms with van der Waals surface area (Å²) in [4.78, 5) is 11.4. The lowest BCUT2D eigenvalue weighted by Gasteiger charge is -2.12. The zero-order valence-corrected chi connectivity index (χ0v) is 11.6. The third-order valence-electron chi connectivity index (χ3n) is 2.79. The Kier molecular flexibility index (Phi) is 4.56. The summed E-state index contributed by atoms with van der Waals surface area (Å²) in [7, 11) is 0. The van der Waals surface area contributed by atoms with Crippen molar-refractivity contribution in [3.63, 3.8) is 0 Å². The van der Waals surface area contributed by atoms with Crippen molar-refractivity contribution in [1.82, 2.24) is 14.8 Å². The van der Waals surface area contributed by atoms with Crippen LogP contribution in [-0.2, 0) is 6.54 Å². The van der Waals surface area contributed by atoms with Gasteiger partial charge in [-0.1, -0.05) is 17.8 Å². The average Bonchev–Trinajstić information content (AvgIpc) is 2.76. The monoisotopic (exact) mass is 300 g/mol. The molecule has 8 heteroatoms. The van der Waals surface area contributed by atoms with Crippen molar-refractivity contribution in [3.8, 4) is 0 Å². The van der Waals surface area contributed by atoms with Crippen molar-refractivity contribution in [1.29, 1.82) is 0 Å². The van der Waals surface area contributed by atoms with Crippen LogP contribution < -0.4 is 11.4 Å². The summed E-state index contributed by atoms with van der Waals surface area (Å²) >= 11 is 1.24. The van der Waals surface area contributed by atoms with E-state index in [1.807, 2.05) is 6.92 Å². The van der Waals surface area contributed by atoms with Crippen LogP contribution in [0.4, 0.5) is 8.78 Å². The van der Waals surface area contributed by atoms with E-state index in [1.165, 1.54) is 28.5 Å². The Morgan fingerprint density at radius 1 is 1.50 bits per heavy atom. The Morgan fingerprint density at radius 3 is 2.90 bits per heavy atom. The van der Waals surface area contributed by atoms with E-state index in [4.69, 9.17) is 5.73 Å². The molecule has 0 aliphatic rings. The molecule has 0 spiro atoms. The first-order chi connectivity index (χ1) is 9.52. The summed E-state index contributed by atoms with van der Waals surface area (Å²) in [5.41, 5.74) is 5.82. The molecule has 5 nitrogen and oxygen atoms in total. The van der Waals surface area contributed by atoms with Crippen LogP contribution in [0.3, 0.4) is 0 Å². The van der Waals surface area contributed by atoms with Gasteiger partial charge in [0.15, 0.2) is 5.16 Å². The first kappa shape index (κ1) is 14.7. The minimum Gasteiger partial charge on any atom is -0.323 e. The van der Waals surface area contributed by atoms with Gasteiger partial charge in [-0.05, 0) is 13.0 Å². The van der Waals surface area contributed by atoms with Crippen molar-refractivity contribution in [2.75, 3.05) is 5.75 Å². The van der Waals surface area contributed by atoms with Crippen molar-refractivity contribution < 1.29 is 8.78 Å². The third-order valence-corrected chi connectivity index (χ3v) is 3.89. The molecule has 108 valence electrons. The molecule has 1 aromatic carbocycles. The van der Waals surface area contributed by atoms with Gasteiger partial charge >= 0.3 is 5.69 Å². The Bertz CT molecular complexity index is 655. The zero-order chi connectivity index (χ0) is 14.7. The largest absolute Gasteiger partial charge is 0.343 e. The van der Waals surface area contributed by atoms with Crippen molar-refractivity contribution >= 4 is 11.8 Å². The Hall–Kier alpha value is -1.67. The second-order valence-corrected chi connectivity index (χ2v) is 5.13. The summed E-state index contributed by atoms with van der Waals surface area (Å²) in [6.07, 6.45) is 0. The van der Waals surface area contributed by atoms with E-state index >= 15 is 0 Å². The number of hydrogen-bond donors (Lipinski definition) is 2. The summed E-state index contributed by atoms with van der Waals surface area (Å²) in [6.45, 7) is 2.30. The number of aromatic amines is 1. The quantitative estimate of drug-likeness (QED) is 0.823. The van der Waals surface area contributed by atoms with Crippen LogP contribution in [-0.4, -0.2) is 20.5 Å². The molecule has 0 fully saturated rings. The SMILES string of the molecule is CCn1c(SCC(N)c2ccc(F)cc2F)n[nH]c1=O. The molecule has 2 aromatic rings. The highest BCUT2D eigenvalue weighted by Crippen LogP contribution is 2.23. The molecule has 0 bridgehead atoms. The topological polar surface area (TPSA) is 76.7 Å². The van der Waals surface area contributed by atoms with Gasteiger partial charge in [0, 0.05) is 30.0 Å². The highest BCUT2D eigenvalue weighted by molar-refractivity contribution is 7.99. The van der Waals surface area contributed by atoms with Crippen LogP contribution in [0.15, 0.2) is 28.2 Å². The summed E-state index contributed by atoms with van der Waals surface area (Å²) in [6, 6.07) is 2.68. The van der Waals surface area contributed by atoms with Crippen LogP contribution in [0.1, 0.15) is 18.5 Å². The first-order valence-electron chi connectivity index (χ1n) is 6.01. The molecule has 0 aliphatic carbocycles. The number of benzene rings is 1. The van der Waals surface area contributed by atoms with E-state index in [-0.39, 0.29) is 11.3 Å². The molecule has 0 amide bonds. The van der Waals surface area contributed by atoms with Crippen molar-refractivity contribution in [2.24, 2.45) is 5.73 Å². The van der Waals surface area contributed by atoms with Gasteiger partial charge in [-0.25, -0.2) is 18.7 Å². The maximum absolute atomic E-state index is 13.6. The number of thioether (sulfide) groups is 1. The molecule has 3 N–H and O–H groups in total. The Balaban J connectivity index is 2.08. The molecule has 1 atom stereocenters. The van der Waals surface area contributed by atoms with Crippen LogP contribution in [0, 0.1) is 11.6 Å². The first-order valence-corrected chi connectivity index (χ1v) is 7.00. The van der Waals surface area contributed by atoms with Gasteiger partial charge in [-0.15, -0.1) is 5.10 Å². The zero-order valence-electron chi connectivity index (χ0n) is 10.8. The number of nitrogens with one attached hydrogen (secondary N) is 1. The number of aromatic nitrogens is 3. The van der Waals surface area contributed by atoms with E-state index in [9.17, 15) is 13.6 Å². The van der Waals surface area contributed by atoms with Crippen LogP contribution >= 0.6 is 11.8 Å². The van der Waals surface area contributed by atoms with Gasteiger partial charge in [0.1, 0.15) is 11.6 Å². The smallest absolute Gasteiger partial charge is 0.323 e. The summed E-state index contributed by atoms with van der Waals surface area (Å²) < 4.78 is 27.9. The van der Waals surface area contributed by atoms with E-state index in [0.717, 1.165) is 6.07 Å². The summed E-state index contributed by atoms with van der Waals surface area (Å²) in [5, 5.41) is 6.71. The number of halogens is 2. The fourth-order valence-electron chi connectivity index (χ4n) is 1.75. The van der Waals surface area contributed by atoms with E-state index in [1.54, 1.807) is 0 Å². The maximum Gasteiger partial charge on any atom is 0.343 e. The minimum atomic E-state index is -0.673. The summed E-state index contributed by atoms with van der Waals surface area (Å²) in [5.74, 6) is -0.987. The average molecular weight is 300 g/mol. The van der Waals surface area contributed by atoms with Gasteiger partial charge in [-0.2, -0.15) is 0 Å². The van der Waals surface area contributed by atoms with Crippen molar-refractivity contribution in [2.45, 2.75) is 24.7 Å². The fraction of sp³-hybridized carbons (Fsp3) is 0.333. The van der Waals surface area contributed by atoms with Gasteiger partial charge in [-0.3, -0.25) is 4.57 Å². The molecular weight excluding hydrogens is 286 g/mol. The Labute approximate surface area is 118 Å². The molecule has 0 saturated heterocycles. The predicted octanol–water partition coefficient (Wildman–Crippen LogP) is 1.66. The molecular formula is C12H14F2N4OS. The molecule has 0 aliphatic heterocycles. The van der Waals surface area contributed by atoms with E-state index < -0.39 is 17.7 Å². The molecule has 0 saturated carbocycles. The second kappa shape index (κ2) is 6.19. The Morgan fingerprint density at radius 2 is 2.25 bits per heavy atom. The molecule has 20 heavy (non-hydrogen) atoms. The van der Waals surface area contributed by atoms with Gasteiger partial charge in [0.2, 0.25) is 0 Å². The van der Waals surface area contributed by atoms with E-state index in [2.05, 4.69) is 10.2 Å². The lowest BCUT2D eigenvalue weighted by atomic mass is 10.1. The number of nitrogens with two attached hydrogens (primary N) is 1. The van der Waals surface area contributed by atoms with Crippen LogP contribution in [0.5, 0.6) is 0 Å². The normalized spacial score (nSPS) is 12.6. The van der Waals surface area contributed by atoms with Crippen molar-refractivity contribution in [3.05, 3.63) is 45.9 Å². The van der Waals surface area contributed by atoms with E-state index in [0.29, 0.717) is 17.5 Å². The van der Waals surface area contributed by atoms with Gasteiger partial charge < -0.3 is 5.73 Å². The molecule has 2 rings (SSSR count). The highest BCUT2D eigenvalue weighted by atomic mass is 32.2. The van der Waals surface area contributed by atoms with Gasteiger partial charge in [0.25, 0.3) is 0 Å². The third kappa shape index (κ3) is 3.07. The standard InChI is InChI=1S/C12H14F2N4OS/c1-2-18-11(19)16-17-12(18)20-6-10(15)8-4-3-7(13)5-9(8)14/h3-5,10H,2,6,15H2,1H3,(H,16,19).